The Balaban J connectivity index is 1.45. The molecule has 3 aromatic rings. The Morgan fingerprint density at radius 3 is 2.88 bits per heavy atom. The van der Waals surface area contributed by atoms with Crippen molar-refractivity contribution < 1.29 is 4.79 Å². The highest BCUT2D eigenvalue weighted by Crippen LogP contribution is 2.28. The van der Waals surface area contributed by atoms with E-state index in [4.69, 9.17) is 5.73 Å². The molecule has 0 bridgehead atoms. The van der Waals surface area contributed by atoms with Gasteiger partial charge in [-0.15, -0.1) is 16.4 Å². The van der Waals surface area contributed by atoms with Gasteiger partial charge >= 0.3 is 0 Å². The van der Waals surface area contributed by atoms with Crippen LogP contribution in [0, 0.1) is 5.92 Å². The lowest BCUT2D eigenvalue weighted by Gasteiger charge is -2.28. The summed E-state index contributed by atoms with van der Waals surface area (Å²) >= 11 is 1.47. The molecule has 0 spiro atoms. The number of hydrogen-bond acceptors (Lipinski definition) is 5. The first kappa shape index (κ1) is 17.0. The summed E-state index contributed by atoms with van der Waals surface area (Å²) in [5, 5.41) is 9.35. The van der Waals surface area contributed by atoms with Gasteiger partial charge in [0, 0.05) is 17.8 Å². The molecule has 0 aromatic carbocycles. The van der Waals surface area contributed by atoms with Crippen LogP contribution >= 0.6 is 11.3 Å². The number of amides is 1. The lowest BCUT2D eigenvalue weighted by atomic mass is 9.84. The second-order valence-corrected chi connectivity index (χ2v) is 7.90. The highest BCUT2D eigenvalue weighted by atomic mass is 32.1. The van der Waals surface area contributed by atoms with Crippen molar-refractivity contribution in [2.75, 3.05) is 5.73 Å². The molecule has 1 aliphatic rings. The molecule has 26 heavy (non-hydrogen) atoms. The number of nitrogen functional groups attached to an aromatic ring is 1. The van der Waals surface area contributed by atoms with Gasteiger partial charge in [-0.05, 0) is 60.7 Å². The number of carbonyl (C=O) groups is 1. The third-order valence-electron chi connectivity index (χ3n) is 5.26. The summed E-state index contributed by atoms with van der Waals surface area (Å²) in [6.45, 7) is 2.25. The van der Waals surface area contributed by atoms with Crippen LogP contribution in [0.4, 0.5) is 5.95 Å². The molecular weight excluding hydrogens is 346 g/mol. The summed E-state index contributed by atoms with van der Waals surface area (Å²) in [7, 11) is 0. The normalized spacial score (nSPS) is 20.3. The molecule has 0 unspecified atom stereocenters. The number of pyridine rings is 1. The van der Waals surface area contributed by atoms with E-state index in [1.54, 1.807) is 4.52 Å². The van der Waals surface area contributed by atoms with Crippen molar-refractivity contribution >= 4 is 28.8 Å². The largest absolute Gasteiger partial charge is 0.366 e. The maximum absolute atomic E-state index is 12.6. The minimum atomic E-state index is 0.0345. The molecule has 4 rings (SSSR count). The maximum atomic E-state index is 12.6. The maximum Gasteiger partial charge on any atom is 0.261 e. The van der Waals surface area contributed by atoms with Crippen LogP contribution in [0.2, 0.25) is 0 Å². The van der Waals surface area contributed by atoms with Crippen LogP contribution in [0.3, 0.4) is 0 Å². The van der Waals surface area contributed by atoms with Crippen molar-refractivity contribution in [1.29, 1.82) is 0 Å². The van der Waals surface area contributed by atoms with E-state index >= 15 is 0 Å². The number of anilines is 1. The van der Waals surface area contributed by atoms with Gasteiger partial charge in [0.25, 0.3) is 5.91 Å². The van der Waals surface area contributed by atoms with Crippen LogP contribution < -0.4 is 11.1 Å². The second kappa shape index (κ2) is 7.07. The standard InChI is InChI=1S/C19H23N5OS/c1-2-12-3-6-15(7-4-12)21-18(25)16-9-14(11-26-16)13-5-8-17-22-19(20)23-24(17)10-13/h5,8-12,15H,2-4,6-7H2,1H3,(H2,20,23)(H,21,25). The predicted octanol–water partition coefficient (Wildman–Crippen LogP) is 3.74. The van der Waals surface area contributed by atoms with Gasteiger partial charge < -0.3 is 11.1 Å². The van der Waals surface area contributed by atoms with Crippen LogP contribution in [0.1, 0.15) is 48.7 Å². The van der Waals surface area contributed by atoms with Gasteiger partial charge in [-0.1, -0.05) is 13.3 Å². The Labute approximate surface area is 156 Å². The predicted molar refractivity (Wildman–Crippen MR) is 104 cm³/mol. The number of nitrogens with two attached hydrogens (primary N) is 1. The van der Waals surface area contributed by atoms with Gasteiger partial charge in [-0.3, -0.25) is 4.79 Å². The quantitative estimate of drug-likeness (QED) is 0.734. The van der Waals surface area contributed by atoms with E-state index in [0.29, 0.717) is 11.7 Å². The lowest BCUT2D eigenvalue weighted by Crippen LogP contribution is -2.37. The summed E-state index contributed by atoms with van der Waals surface area (Å²) < 4.78 is 1.66. The molecule has 7 heteroatoms. The van der Waals surface area contributed by atoms with Gasteiger partial charge in [0.15, 0.2) is 5.65 Å². The Morgan fingerprint density at radius 2 is 2.12 bits per heavy atom. The molecule has 3 aromatic heterocycles. The number of nitrogens with zero attached hydrogens (tertiary/aromatic N) is 3. The van der Waals surface area contributed by atoms with Crippen molar-refractivity contribution in [2.24, 2.45) is 5.92 Å². The highest BCUT2D eigenvalue weighted by molar-refractivity contribution is 7.12. The number of thiophene rings is 1. The first-order valence-electron chi connectivity index (χ1n) is 9.14. The summed E-state index contributed by atoms with van der Waals surface area (Å²) in [5.74, 6) is 1.12. The molecule has 1 aliphatic carbocycles. The zero-order valence-electron chi connectivity index (χ0n) is 14.8. The van der Waals surface area contributed by atoms with Crippen molar-refractivity contribution in [3.05, 3.63) is 34.7 Å². The fraction of sp³-hybridized carbons (Fsp3) is 0.421. The SMILES string of the molecule is CCC1CCC(NC(=O)c2cc(-c3ccc4nc(N)nn4c3)cs2)CC1. The number of nitrogens with one attached hydrogen (secondary N) is 1. The number of aromatic nitrogens is 3. The van der Waals surface area contributed by atoms with Gasteiger partial charge in [0.2, 0.25) is 5.95 Å². The summed E-state index contributed by atoms with van der Waals surface area (Å²) in [6, 6.07) is 6.10. The average Bonchev–Trinajstić information content (AvgIpc) is 3.27. The lowest BCUT2D eigenvalue weighted by molar-refractivity contribution is 0.0926. The second-order valence-electron chi connectivity index (χ2n) is 6.99. The summed E-state index contributed by atoms with van der Waals surface area (Å²) in [5.41, 5.74) is 8.34. The molecule has 1 fully saturated rings. The first-order valence-corrected chi connectivity index (χ1v) is 10.0. The Kier molecular flexibility index (Phi) is 4.63. The molecule has 3 heterocycles. The van der Waals surface area contributed by atoms with E-state index in [0.717, 1.165) is 34.8 Å². The monoisotopic (exact) mass is 369 g/mol. The Hall–Kier alpha value is -2.41. The van der Waals surface area contributed by atoms with Gasteiger partial charge in [-0.2, -0.15) is 4.98 Å². The minimum absolute atomic E-state index is 0.0345. The van der Waals surface area contributed by atoms with Crippen molar-refractivity contribution in [3.63, 3.8) is 0 Å². The van der Waals surface area contributed by atoms with Crippen LogP contribution in [-0.4, -0.2) is 26.5 Å². The topological polar surface area (TPSA) is 85.3 Å². The van der Waals surface area contributed by atoms with E-state index in [-0.39, 0.29) is 11.9 Å². The summed E-state index contributed by atoms with van der Waals surface area (Å²) in [4.78, 5) is 17.5. The number of fused-ring (bicyclic) bond motifs is 1. The number of carbonyl (C=O) groups excluding carboxylic acids is 1. The minimum Gasteiger partial charge on any atom is -0.366 e. The van der Waals surface area contributed by atoms with Gasteiger partial charge in [0.1, 0.15) is 0 Å². The molecular formula is C19H23N5OS. The van der Waals surface area contributed by atoms with Gasteiger partial charge in [0.05, 0.1) is 4.88 Å². The Bertz CT molecular complexity index is 923. The zero-order valence-corrected chi connectivity index (χ0v) is 15.6. The molecule has 0 aliphatic heterocycles. The smallest absolute Gasteiger partial charge is 0.261 e. The van der Waals surface area contributed by atoms with Crippen LogP contribution in [-0.2, 0) is 0 Å². The molecule has 0 saturated heterocycles. The fourth-order valence-corrected chi connectivity index (χ4v) is 4.47. The van der Waals surface area contributed by atoms with E-state index in [2.05, 4.69) is 22.3 Å². The summed E-state index contributed by atoms with van der Waals surface area (Å²) in [6.07, 6.45) is 7.75. The van der Waals surface area contributed by atoms with Crippen LogP contribution in [0.15, 0.2) is 29.8 Å². The van der Waals surface area contributed by atoms with Crippen LogP contribution in [0.5, 0.6) is 0 Å². The molecule has 6 nitrogen and oxygen atoms in total. The van der Waals surface area contributed by atoms with E-state index in [9.17, 15) is 4.79 Å². The van der Waals surface area contributed by atoms with Crippen molar-refractivity contribution in [1.82, 2.24) is 19.9 Å². The van der Waals surface area contributed by atoms with Crippen molar-refractivity contribution in [3.8, 4) is 11.1 Å². The third-order valence-corrected chi connectivity index (χ3v) is 6.19. The average molecular weight is 369 g/mol. The van der Waals surface area contributed by atoms with E-state index < -0.39 is 0 Å². The third kappa shape index (κ3) is 3.44. The molecule has 1 saturated carbocycles. The number of rotatable bonds is 4. The van der Waals surface area contributed by atoms with Crippen LogP contribution in [0.25, 0.3) is 16.8 Å². The highest BCUT2D eigenvalue weighted by Gasteiger charge is 2.22. The first-order chi connectivity index (χ1) is 12.6. The molecule has 0 atom stereocenters. The molecule has 3 N–H and O–H groups in total. The van der Waals surface area contributed by atoms with E-state index in [1.807, 2.05) is 29.8 Å². The van der Waals surface area contributed by atoms with Crippen molar-refractivity contribution in [2.45, 2.75) is 45.1 Å². The Morgan fingerprint density at radius 1 is 1.31 bits per heavy atom. The number of hydrogen-bond donors (Lipinski definition) is 2. The van der Waals surface area contributed by atoms with Gasteiger partial charge in [-0.25, -0.2) is 4.52 Å². The molecule has 136 valence electrons. The fourth-order valence-electron chi connectivity index (χ4n) is 3.65. The molecule has 0 radical (unpaired) electrons. The van der Waals surface area contributed by atoms with E-state index in [1.165, 1.54) is 30.6 Å². The zero-order chi connectivity index (χ0) is 18.1. The molecule has 1 amide bonds.